The van der Waals surface area contributed by atoms with E-state index in [0.717, 1.165) is 11.1 Å². The first kappa shape index (κ1) is 21.1. The number of fused-ring (bicyclic) bond motifs is 1. The zero-order valence-corrected chi connectivity index (χ0v) is 18.9. The summed E-state index contributed by atoms with van der Waals surface area (Å²) in [4.78, 5) is 4.82. The van der Waals surface area contributed by atoms with Gasteiger partial charge in [-0.3, -0.25) is 9.36 Å². The Bertz CT molecular complexity index is 1500. The highest BCUT2D eigenvalue weighted by Crippen LogP contribution is 2.37. The third kappa shape index (κ3) is 3.35. The monoisotopic (exact) mass is 466 g/mol. The quantitative estimate of drug-likeness (QED) is 0.439. The van der Waals surface area contributed by atoms with Gasteiger partial charge in [0.25, 0.3) is 0 Å². The number of rotatable bonds is 6. The van der Waals surface area contributed by atoms with E-state index < -0.39 is 15.6 Å². The number of hydrogen-bond acceptors (Lipinski definition) is 8. The molecule has 33 heavy (non-hydrogen) atoms. The average Bonchev–Trinajstić information content (AvgIpc) is 3.49. The molecule has 0 unspecified atom stereocenters. The van der Waals surface area contributed by atoms with E-state index in [1.54, 1.807) is 39.4 Å². The van der Waals surface area contributed by atoms with Gasteiger partial charge in [-0.25, -0.2) is 17.9 Å². The first-order valence-corrected chi connectivity index (χ1v) is 11.9. The lowest BCUT2D eigenvalue weighted by atomic mass is 9.89. The van der Waals surface area contributed by atoms with Gasteiger partial charge in [0.2, 0.25) is 10.0 Å². The molecule has 5 heterocycles. The van der Waals surface area contributed by atoms with Crippen LogP contribution in [0.2, 0.25) is 0 Å². The second kappa shape index (κ2) is 7.39. The molecule has 0 radical (unpaired) electrons. The number of nitrogen functional groups attached to an aromatic ring is 1. The van der Waals surface area contributed by atoms with Crippen LogP contribution in [0.1, 0.15) is 13.3 Å². The van der Waals surface area contributed by atoms with Crippen molar-refractivity contribution in [3.8, 4) is 28.6 Å². The van der Waals surface area contributed by atoms with E-state index in [4.69, 9.17) is 10.7 Å². The summed E-state index contributed by atoms with van der Waals surface area (Å²) in [7, 11) is -1.52. The molecule has 0 atom stereocenters. The van der Waals surface area contributed by atoms with Gasteiger partial charge in [-0.1, -0.05) is 0 Å². The summed E-state index contributed by atoms with van der Waals surface area (Å²) in [6, 6.07) is 3.99. The van der Waals surface area contributed by atoms with Crippen molar-refractivity contribution in [3.05, 3.63) is 37.1 Å². The van der Waals surface area contributed by atoms with Crippen molar-refractivity contribution in [1.82, 2.24) is 38.5 Å². The third-order valence-electron chi connectivity index (χ3n) is 5.98. The average molecular weight is 467 g/mol. The molecular formula is C20H22N10O2S. The molecule has 4 aromatic heterocycles. The Hall–Kier alpha value is -3.76. The fourth-order valence-corrected chi connectivity index (χ4v) is 5.34. The molecule has 4 aromatic rings. The van der Waals surface area contributed by atoms with Gasteiger partial charge in [-0.2, -0.15) is 24.9 Å². The van der Waals surface area contributed by atoms with E-state index in [0.29, 0.717) is 17.0 Å². The summed E-state index contributed by atoms with van der Waals surface area (Å²) >= 11 is 0. The van der Waals surface area contributed by atoms with E-state index in [1.165, 1.54) is 4.31 Å². The molecule has 13 heteroatoms. The Morgan fingerprint density at radius 3 is 2.70 bits per heavy atom. The van der Waals surface area contributed by atoms with Crippen molar-refractivity contribution in [2.45, 2.75) is 18.9 Å². The first-order valence-electron chi connectivity index (χ1n) is 10.3. The van der Waals surface area contributed by atoms with Crippen LogP contribution in [0.5, 0.6) is 0 Å². The number of aryl methyl sites for hydroxylation is 1. The zero-order valence-electron chi connectivity index (χ0n) is 18.1. The molecule has 170 valence electrons. The van der Waals surface area contributed by atoms with E-state index in [1.807, 2.05) is 25.5 Å². The minimum absolute atomic E-state index is 0.00633. The zero-order chi connectivity index (χ0) is 23.4. The molecule has 1 aliphatic heterocycles. The minimum atomic E-state index is -3.35. The standard InChI is InChI=1S/C20H22N10O2S/c1-3-33(31,32)28-12-20(13-28,5-6-21)30-10-15(19(22)26-30)18-17-4-7-23-29(17)11-16(25-18)14-8-24-27(2)9-14/h4,7-11H,3,5,12-13H2,1-2H3,(H2,22,26). The summed E-state index contributed by atoms with van der Waals surface area (Å²) in [5.41, 5.74) is 8.93. The van der Waals surface area contributed by atoms with Crippen molar-refractivity contribution >= 4 is 21.4 Å². The Kier molecular flexibility index (Phi) is 4.73. The number of sulfonamides is 1. The third-order valence-corrected chi connectivity index (χ3v) is 7.76. The van der Waals surface area contributed by atoms with E-state index in [2.05, 4.69) is 21.4 Å². The smallest absolute Gasteiger partial charge is 0.213 e. The van der Waals surface area contributed by atoms with Crippen LogP contribution in [-0.4, -0.2) is 65.7 Å². The normalized spacial score (nSPS) is 16.0. The highest BCUT2D eigenvalue weighted by atomic mass is 32.2. The Balaban J connectivity index is 1.59. The van der Waals surface area contributed by atoms with Gasteiger partial charge >= 0.3 is 0 Å². The molecule has 0 bridgehead atoms. The molecule has 1 aliphatic rings. The van der Waals surface area contributed by atoms with Gasteiger partial charge in [-0.05, 0) is 13.0 Å². The van der Waals surface area contributed by atoms with Crippen molar-refractivity contribution in [3.63, 3.8) is 0 Å². The molecule has 5 rings (SSSR count). The molecule has 12 nitrogen and oxygen atoms in total. The summed E-state index contributed by atoms with van der Waals surface area (Å²) in [5, 5.41) is 22.5. The molecule has 0 saturated carbocycles. The number of nitriles is 1. The van der Waals surface area contributed by atoms with Crippen LogP contribution in [0.3, 0.4) is 0 Å². The maximum Gasteiger partial charge on any atom is 0.213 e. The predicted octanol–water partition coefficient (Wildman–Crippen LogP) is 0.850. The predicted molar refractivity (Wildman–Crippen MR) is 120 cm³/mol. The molecule has 1 fully saturated rings. The molecule has 0 amide bonds. The van der Waals surface area contributed by atoms with Gasteiger partial charge in [0, 0.05) is 38.1 Å². The number of nitrogens with two attached hydrogens (primary N) is 1. The molecule has 0 aromatic carbocycles. The van der Waals surface area contributed by atoms with E-state index in [-0.39, 0.29) is 31.1 Å². The lowest BCUT2D eigenvalue weighted by Crippen LogP contribution is -2.64. The first-order chi connectivity index (χ1) is 15.8. The maximum atomic E-state index is 12.3. The van der Waals surface area contributed by atoms with Gasteiger partial charge in [0.1, 0.15) is 11.2 Å². The fraction of sp³-hybridized carbons (Fsp3) is 0.350. The SMILES string of the molecule is CCS(=O)(=O)N1CC(CC#N)(n2cc(-c3nc(-c4cnn(C)c4)cn4nccc34)c(N)n2)C1. The van der Waals surface area contributed by atoms with Crippen LogP contribution >= 0.6 is 0 Å². The van der Waals surface area contributed by atoms with Gasteiger partial charge in [0.05, 0.1) is 53.6 Å². The molecule has 0 aliphatic carbocycles. The molecule has 0 spiro atoms. The Morgan fingerprint density at radius 2 is 2.03 bits per heavy atom. The van der Waals surface area contributed by atoms with Gasteiger partial charge in [-0.15, -0.1) is 0 Å². The minimum Gasteiger partial charge on any atom is -0.382 e. The van der Waals surface area contributed by atoms with Crippen LogP contribution in [0.25, 0.3) is 28.0 Å². The van der Waals surface area contributed by atoms with Gasteiger partial charge < -0.3 is 5.73 Å². The molecular weight excluding hydrogens is 444 g/mol. The lowest BCUT2D eigenvalue weighted by molar-refractivity contribution is 0.0722. The van der Waals surface area contributed by atoms with Crippen molar-refractivity contribution in [2.24, 2.45) is 7.05 Å². The number of anilines is 1. The van der Waals surface area contributed by atoms with Crippen LogP contribution in [-0.2, 0) is 22.6 Å². The van der Waals surface area contributed by atoms with Crippen molar-refractivity contribution in [1.29, 1.82) is 5.26 Å². The van der Waals surface area contributed by atoms with Gasteiger partial charge in [0.15, 0.2) is 5.82 Å². The second-order valence-electron chi connectivity index (χ2n) is 8.14. The largest absolute Gasteiger partial charge is 0.382 e. The maximum absolute atomic E-state index is 12.3. The van der Waals surface area contributed by atoms with Crippen LogP contribution in [0, 0.1) is 11.3 Å². The summed E-state index contributed by atoms with van der Waals surface area (Å²) in [5.74, 6) is 0.245. The number of nitrogens with zero attached hydrogens (tertiary/aromatic N) is 9. The fourth-order valence-electron chi connectivity index (χ4n) is 4.10. The van der Waals surface area contributed by atoms with Crippen LogP contribution in [0.4, 0.5) is 5.82 Å². The highest BCUT2D eigenvalue weighted by Gasteiger charge is 2.50. The summed E-state index contributed by atoms with van der Waals surface area (Å²) < 4.78 is 30.9. The highest BCUT2D eigenvalue weighted by molar-refractivity contribution is 7.89. The van der Waals surface area contributed by atoms with Crippen molar-refractivity contribution in [2.75, 3.05) is 24.6 Å². The van der Waals surface area contributed by atoms with E-state index >= 15 is 0 Å². The van der Waals surface area contributed by atoms with Crippen LogP contribution in [0.15, 0.2) is 37.1 Å². The summed E-state index contributed by atoms with van der Waals surface area (Å²) in [6.07, 6.45) is 8.90. The molecule has 1 saturated heterocycles. The molecule has 2 N–H and O–H groups in total. The topological polar surface area (TPSA) is 153 Å². The van der Waals surface area contributed by atoms with E-state index in [9.17, 15) is 13.7 Å². The van der Waals surface area contributed by atoms with Crippen molar-refractivity contribution < 1.29 is 8.42 Å². The Labute approximate surface area is 189 Å². The lowest BCUT2D eigenvalue weighted by Gasteiger charge is -2.47. The summed E-state index contributed by atoms with van der Waals surface area (Å²) in [6.45, 7) is 1.94. The number of hydrogen-bond donors (Lipinski definition) is 1. The van der Waals surface area contributed by atoms with Crippen LogP contribution < -0.4 is 5.73 Å². The number of aromatic nitrogens is 7. The second-order valence-corrected chi connectivity index (χ2v) is 10.4. The Morgan fingerprint density at radius 1 is 1.24 bits per heavy atom.